The molecule has 0 aliphatic carbocycles. The van der Waals surface area contributed by atoms with Gasteiger partial charge in [0, 0.05) is 17.3 Å². The zero-order chi connectivity index (χ0) is 15.7. The van der Waals surface area contributed by atoms with Crippen molar-refractivity contribution in [1.29, 1.82) is 0 Å². The molecule has 112 valence electrons. The van der Waals surface area contributed by atoms with Crippen LogP contribution in [0.25, 0.3) is 0 Å². The van der Waals surface area contributed by atoms with Gasteiger partial charge in [-0.25, -0.2) is 4.98 Å². The van der Waals surface area contributed by atoms with E-state index in [1.54, 1.807) is 0 Å². The summed E-state index contributed by atoms with van der Waals surface area (Å²) in [7, 11) is 0. The van der Waals surface area contributed by atoms with E-state index in [2.05, 4.69) is 21.9 Å². The first kappa shape index (κ1) is 16.5. The number of hydrogen-bond donors (Lipinski definition) is 1. The molecule has 0 bridgehead atoms. The standard InChI is InChI=1S/C10H8F6N2OS/c1-4-2-5(7(17)20)3-6(18-4)19-8(9(11,12)13)10(14,15)16/h2-3,8H,1H3,(H2,17,20). The molecule has 3 nitrogen and oxygen atoms in total. The molecule has 10 heteroatoms. The second-order valence-corrected chi connectivity index (χ2v) is 4.22. The summed E-state index contributed by atoms with van der Waals surface area (Å²) in [5.74, 6) is -0.854. The first-order chi connectivity index (χ1) is 8.91. The minimum absolute atomic E-state index is 0.0607. The molecule has 0 radical (unpaired) electrons. The van der Waals surface area contributed by atoms with Gasteiger partial charge in [0.1, 0.15) is 4.99 Å². The van der Waals surface area contributed by atoms with Crippen molar-refractivity contribution in [3.05, 3.63) is 23.4 Å². The summed E-state index contributed by atoms with van der Waals surface area (Å²) in [5, 5.41) is 0. The SMILES string of the molecule is Cc1cc(C(N)=S)cc(OC(C(F)(F)F)C(F)(F)F)n1. The lowest BCUT2D eigenvalue weighted by molar-refractivity contribution is -0.300. The van der Waals surface area contributed by atoms with Crippen LogP contribution in [0.5, 0.6) is 5.88 Å². The van der Waals surface area contributed by atoms with Crippen molar-refractivity contribution in [2.24, 2.45) is 5.73 Å². The van der Waals surface area contributed by atoms with E-state index in [1.807, 2.05) is 0 Å². The Morgan fingerprint density at radius 3 is 2.10 bits per heavy atom. The first-order valence-electron chi connectivity index (χ1n) is 5.00. The Kier molecular flexibility index (Phi) is 4.47. The van der Waals surface area contributed by atoms with Crippen molar-refractivity contribution in [1.82, 2.24) is 4.98 Å². The molecular formula is C10H8F6N2OS. The average Bonchev–Trinajstić information content (AvgIpc) is 2.22. The Hall–Kier alpha value is -1.58. The maximum absolute atomic E-state index is 12.3. The van der Waals surface area contributed by atoms with Crippen molar-refractivity contribution in [2.45, 2.75) is 25.4 Å². The van der Waals surface area contributed by atoms with Crippen LogP contribution in [-0.2, 0) is 0 Å². The lowest BCUT2D eigenvalue weighted by Crippen LogP contribution is -2.46. The summed E-state index contributed by atoms with van der Waals surface area (Å²) in [6.07, 6.45) is -15.2. The number of aryl methyl sites for hydroxylation is 1. The zero-order valence-electron chi connectivity index (χ0n) is 9.84. The Morgan fingerprint density at radius 2 is 1.70 bits per heavy atom. The van der Waals surface area contributed by atoms with E-state index in [1.165, 1.54) is 13.0 Å². The smallest absolute Gasteiger partial charge is 0.434 e. The largest absolute Gasteiger partial charge is 0.455 e. The van der Waals surface area contributed by atoms with Crippen LogP contribution in [0.4, 0.5) is 26.3 Å². The highest BCUT2D eigenvalue weighted by atomic mass is 32.1. The number of halogens is 6. The maximum atomic E-state index is 12.3. The van der Waals surface area contributed by atoms with Crippen molar-refractivity contribution in [3.8, 4) is 5.88 Å². The maximum Gasteiger partial charge on any atom is 0.434 e. The van der Waals surface area contributed by atoms with Crippen molar-refractivity contribution in [3.63, 3.8) is 0 Å². The predicted molar refractivity (Wildman–Crippen MR) is 61.4 cm³/mol. The number of aromatic nitrogens is 1. The van der Waals surface area contributed by atoms with Crippen LogP contribution in [0.3, 0.4) is 0 Å². The minimum atomic E-state index is -5.62. The highest BCUT2D eigenvalue weighted by molar-refractivity contribution is 7.80. The molecule has 1 aromatic heterocycles. The van der Waals surface area contributed by atoms with Gasteiger partial charge in [0.15, 0.2) is 0 Å². The second kappa shape index (κ2) is 5.43. The summed E-state index contributed by atoms with van der Waals surface area (Å²) in [5.41, 5.74) is 5.44. The number of nitrogens with zero attached hydrogens (tertiary/aromatic N) is 1. The third-order valence-electron chi connectivity index (χ3n) is 2.05. The van der Waals surface area contributed by atoms with E-state index in [-0.39, 0.29) is 16.2 Å². The highest BCUT2D eigenvalue weighted by Gasteiger charge is 2.59. The molecule has 1 aromatic rings. The normalized spacial score (nSPS) is 12.6. The minimum Gasteiger partial charge on any atom is -0.455 e. The van der Waals surface area contributed by atoms with E-state index >= 15 is 0 Å². The van der Waals surface area contributed by atoms with E-state index in [9.17, 15) is 26.3 Å². The van der Waals surface area contributed by atoms with Crippen molar-refractivity contribution in [2.75, 3.05) is 0 Å². The van der Waals surface area contributed by atoms with E-state index in [4.69, 9.17) is 5.73 Å². The van der Waals surface area contributed by atoms with Crippen LogP contribution in [-0.4, -0.2) is 28.4 Å². The Balaban J connectivity index is 3.15. The number of pyridine rings is 1. The topological polar surface area (TPSA) is 48.1 Å². The molecule has 0 atom stereocenters. The van der Waals surface area contributed by atoms with Gasteiger partial charge in [-0.2, -0.15) is 26.3 Å². The van der Waals surface area contributed by atoms with Gasteiger partial charge < -0.3 is 10.5 Å². The van der Waals surface area contributed by atoms with Gasteiger partial charge >= 0.3 is 12.4 Å². The van der Waals surface area contributed by atoms with Crippen LogP contribution in [0.2, 0.25) is 0 Å². The van der Waals surface area contributed by atoms with Crippen LogP contribution < -0.4 is 10.5 Å². The van der Waals surface area contributed by atoms with Crippen LogP contribution in [0.15, 0.2) is 12.1 Å². The molecule has 0 saturated heterocycles. The molecule has 2 N–H and O–H groups in total. The zero-order valence-corrected chi connectivity index (χ0v) is 10.7. The van der Waals surface area contributed by atoms with Gasteiger partial charge in [-0.3, -0.25) is 0 Å². The number of ether oxygens (including phenoxy) is 1. The summed E-state index contributed by atoms with van der Waals surface area (Å²) >= 11 is 4.59. The number of hydrogen-bond acceptors (Lipinski definition) is 3. The fraction of sp³-hybridized carbons (Fsp3) is 0.400. The number of thiocarbonyl (C=S) groups is 1. The van der Waals surface area contributed by atoms with E-state index in [0.29, 0.717) is 0 Å². The molecule has 0 spiro atoms. The van der Waals surface area contributed by atoms with Gasteiger partial charge in [-0.15, -0.1) is 0 Å². The first-order valence-corrected chi connectivity index (χ1v) is 5.40. The molecule has 1 heterocycles. The third-order valence-corrected chi connectivity index (χ3v) is 2.28. The van der Waals surface area contributed by atoms with Gasteiger partial charge in [-0.05, 0) is 13.0 Å². The Labute approximate surface area is 114 Å². The summed E-state index contributed by atoms with van der Waals surface area (Å²) in [6, 6.07) is 2.13. The van der Waals surface area contributed by atoms with E-state index < -0.39 is 24.3 Å². The second-order valence-electron chi connectivity index (χ2n) is 3.78. The van der Waals surface area contributed by atoms with Gasteiger partial charge in [0.25, 0.3) is 6.10 Å². The molecule has 0 aliphatic heterocycles. The average molecular weight is 318 g/mol. The molecule has 0 saturated carbocycles. The Bertz CT molecular complexity index is 499. The fourth-order valence-electron chi connectivity index (χ4n) is 1.28. The molecule has 0 unspecified atom stereocenters. The molecule has 1 rings (SSSR count). The number of rotatable bonds is 3. The molecular weight excluding hydrogens is 310 g/mol. The lowest BCUT2D eigenvalue weighted by Gasteiger charge is -2.23. The monoisotopic (exact) mass is 318 g/mol. The third kappa shape index (κ3) is 4.22. The summed E-state index contributed by atoms with van der Waals surface area (Å²) in [6.45, 7) is 1.35. The summed E-state index contributed by atoms with van der Waals surface area (Å²) in [4.78, 5) is 3.25. The van der Waals surface area contributed by atoms with Gasteiger partial charge in [0.2, 0.25) is 5.88 Å². The molecule has 0 fully saturated rings. The molecule has 0 amide bonds. The van der Waals surface area contributed by atoms with Crippen LogP contribution >= 0.6 is 12.2 Å². The molecule has 0 aromatic carbocycles. The lowest BCUT2D eigenvalue weighted by atomic mass is 10.2. The summed E-state index contributed by atoms with van der Waals surface area (Å²) < 4.78 is 78.0. The fourth-order valence-corrected chi connectivity index (χ4v) is 1.40. The van der Waals surface area contributed by atoms with Crippen molar-refractivity contribution >= 4 is 17.2 Å². The Morgan fingerprint density at radius 1 is 1.20 bits per heavy atom. The van der Waals surface area contributed by atoms with Gasteiger partial charge in [-0.1, -0.05) is 12.2 Å². The van der Waals surface area contributed by atoms with Crippen molar-refractivity contribution < 1.29 is 31.1 Å². The molecule has 20 heavy (non-hydrogen) atoms. The number of nitrogens with two attached hydrogens (primary N) is 1. The van der Waals surface area contributed by atoms with Gasteiger partial charge in [0.05, 0.1) is 0 Å². The van der Waals surface area contributed by atoms with Crippen LogP contribution in [0, 0.1) is 6.92 Å². The number of alkyl halides is 6. The van der Waals surface area contributed by atoms with Crippen LogP contribution in [0.1, 0.15) is 11.3 Å². The highest BCUT2D eigenvalue weighted by Crippen LogP contribution is 2.36. The predicted octanol–water partition coefficient (Wildman–Crippen LogP) is 2.90. The van der Waals surface area contributed by atoms with E-state index in [0.717, 1.165) is 6.07 Å². The quantitative estimate of drug-likeness (QED) is 0.688. The molecule has 0 aliphatic rings.